The molecule has 1 fully saturated rings. The van der Waals surface area contributed by atoms with Gasteiger partial charge in [-0.05, 0) is 46.2 Å². The van der Waals surface area contributed by atoms with Gasteiger partial charge >= 0.3 is 6.36 Å². The van der Waals surface area contributed by atoms with Gasteiger partial charge in [0, 0.05) is 36.3 Å². The maximum absolute atomic E-state index is 13.3. The van der Waals surface area contributed by atoms with E-state index in [1.54, 1.807) is 11.6 Å². The molecule has 174 valence electrons. The number of rotatable bonds is 7. The van der Waals surface area contributed by atoms with Crippen molar-refractivity contribution in [1.29, 1.82) is 0 Å². The first kappa shape index (κ1) is 22.8. The predicted octanol–water partition coefficient (Wildman–Crippen LogP) is 4.66. The zero-order valence-electron chi connectivity index (χ0n) is 18.0. The lowest BCUT2D eigenvalue weighted by molar-refractivity contribution is -0.274. The standard InChI is InChI=1S/C21H25F3N4O3S/c1-4-28(11-12-6-5-7-25-12)19-27-15-16(30-19)13(18-26-8-9-32-18)10-14(20(2,3)29)17(15)31-21(22,23)24/h8-10,12,25,29H,4-7,11H2,1-3H3. The molecule has 1 aliphatic heterocycles. The second kappa shape index (κ2) is 8.53. The van der Waals surface area contributed by atoms with Crippen molar-refractivity contribution in [1.82, 2.24) is 15.3 Å². The second-order valence-corrected chi connectivity index (χ2v) is 9.15. The van der Waals surface area contributed by atoms with E-state index >= 15 is 0 Å². The summed E-state index contributed by atoms with van der Waals surface area (Å²) >= 11 is 1.31. The minimum absolute atomic E-state index is 0.0483. The van der Waals surface area contributed by atoms with Gasteiger partial charge in [0.15, 0.2) is 16.8 Å². The van der Waals surface area contributed by atoms with Crippen molar-refractivity contribution in [2.24, 2.45) is 0 Å². The fraction of sp³-hybridized carbons (Fsp3) is 0.524. The molecule has 0 saturated carbocycles. The monoisotopic (exact) mass is 470 g/mol. The molecule has 1 aromatic carbocycles. The van der Waals surface area contributed by atoms with Crippen molar-refractivity contribution >= 4 is 28.5 Å². The van der Waals surface area contributed by atoms with Gasteiger partial charge in [-0.1, -0.05) is 0 Å². The van der Waals surface area contributed by atoms with Gasteiger partial charge in [0.05, 0.1) is 11.2 Å². The van der Waals surface area contributed by atoms with E-state index < -0.39 is 17.7 Å². The van der Waals surface area contributed by atoms with Gasteiger partial charge < -0.3 is 24.5 Å². The largest absolute Gasteiger partial charge is 0.573 e. The Kier molecular flexibility index (Phi) is 6.08. The lowest BCUT2D eigenvalue weighted by atomic mass is 9.94. The Bertz CT molecular complexity index is 1070. The van der Waals surface area contributed by atoms with Crippen LogP contribution in [0, 0.1) is 0 Å². The summed E-state index contributed by atoms with van der Waals surface area (Å²) < 4.78 is 50.4. The molecule has 0 amide bonds. The molecule has 1 atom stereocenters. The highest BCUT2D eigenvalue weighted by Crippen LogP contribution is 2.45. The minimum Gasteiger partial charge on any atom is -0.422 e. The highest BCUT2D eigenvalue weighted by molar-refractivity contribution is 7.13. The summed E-state index contributed by atoms with van der Waals surface area (Å²) in [6.45, 7) is 6.83. The lowest BCUT2D eigenvalue weighted by Gasteiger charge is -2.23. The second-order valence-electron chi connectivity index (χ2n) is 8.25. The summed E-state index contributed by atoms with van der Waals surface area (Å²) in [5, 5.41) is 16.4. The van der Waals surface area contributed by atoms with Gasteiger partial charge in [-0.15, -0.1) is 24.5 Å². The number of oxazole rings is 1. The number of hydrogen-bond acceptors (Lipinski definition) is 8. The van der Waals surface area contributed by atoms with E-state index in [9.17, 15) is 18.3 Å². The third-order valence-corrected chi connectivity index (χ3v) is 6.21. The van der Waals surface area contributed by atoms with Gasteiger partial charge in [0.25, 0.3) is 6.01 Å². The number of alkyl halides is 3. The van der Waals surface area contributed by atoms with Crippen molar-refractivity contribution in [3.05, 3.63) is 23.2 Å². The zero-order valence-corrected chi connectivity index (χ0v) is 18.8. The number of aromatic nitrogens is 2. The number of nitrogens with one attached hydrogen (secondary N) is 1. The number of anilines is 1. The summed E-state index contributed by atoms with van der Waals surface area (Å²) in [5.74, 6) is -0.564. The molecule has 3 heterocycles. The number of nitrogens with zero attached hydrogens (tertiary/aromatic N) is 3. The van der Waals surface area contributed by atoms with Crippen molar-refractivity contribution in [3.8, 4) is 16.3 Å². The molecule has 4 rings (SSSR count). The smallest absolute Gasteiger partial charge is 0.422 e. The van der Waals surface area contributed by atoms with Crippen LogP contribution in [0.3, 0.4) is 0 Å². The minimum atomic E-state index is -4.97. The number of thiazole rings is 1. The first-order chi connectivity index (χ1) is 15.1. The van der Waals surface area contributed by atoms with Gasteiger partial charge in [-0.25, -0.2) is 4.98 Å². The molecular weight excluding hydrogens is 445 g/mol. The highest BCUT2D eigenvalue weighted by Gasteiger charge is 2.38. The van der Waals surface area contributed by atoms with E-state index in [0.29, 0.717) is 23.7 Å². The number of hydrogen-bond donors (Lipinski definition) is 2. The normalized spacial score (nSPS) is 17.3. The van der Waals surface area contributed by atoms with Crippen LogP contribution >= 0.6 is 11.3 Å². The molecule has 0 spiro atoms. The summed E-state index contributed by atoms with van der Waals surface area (Å²) in [6, 6.07) is 1.89. The molecule has 32 heavy (non-hydrogen) atoms. The molecule has 1 saturated heterocycles. The average Bonchev–Trinajstić information content (AvgIpc) is 3.44. The van der Waals surface area contributed by atoms with Gasteiger partial charge in [-0.3, -0.25) is 0 Å². The first-order valence-corrected chi connectivity index (χ1v) is 11.3. The van der Waals surface area contributed by atoms with Crippen molar-refractivity contribution in [2.45, 2.75) is 51.6 Å². The number of halogens is 3. The van der Waals surface area contributed by atoms with Crippen LogP contribution < -0.4 is 15.0 Å². The number of benzene rings is 1. The Balaban J connectivity index is 1.92. The first-order valence-electron chi connectivity index (χ1n) is 10.4. The van der Waals surface area contributed by atoms with E-state index in [2.05, 4.69) is 20.0 Å². The summed E-state index contributed by atoms with van der Waals surface area (Å²) in [6.07, 6.45) is -1.29. The van der Waals surface area contributed by atoms with Crippen LogP contribution in [0.5, 0.6) is 5.75 Å². The Hall–Kier alpha value is -2.37. The SMILES string of the molecule is CCN(CC1CCCN1)c1nc2c(OC(F)(F)F)c(C(C)(C)O)cc(-c3nccs3)c2o1. The Morgan fingerprint density at radius 3 is 2.72 bits per heavy atom. The Labute approximate surface area is 187 Å². The number of aliphatic hydroxyl groups is 1. The zero-order chi connectivity index (χ0) is 23.1. The summed E-state index contributed by atoms with van der Waals surface area (Å²) in [7, 11) is 0. The van der Waals surface area contributed by atoms with E-state index in [0.717, 1.165) is 19.4 Å². The quantitative estimate of drug-likeness (QED) is 0.520. The molecule has 7 nitrogen and oxygen atoms in total. The molecule has 0 aliphatic carbocycles. The third kappa shape index (κ3) is 4.69. The van der Waals surface area contributed by atoms with Gasteiger partial charge in [0.2, 0.25) is 0 Å². The van der Waals surface area contributed by atoms with E-state index in [1.165, 1.54) is 31.3 Å². The molecule has 1 aliphatic rings. The van der Waals surface area contributed by atoms with Gasteiger partial charge in [-0.2, -0.15) is 4.98 Å². The highest BCUT2D eigenvalue weighted by atomic mass is 32.1. The van der Waals surface area contributed by atoms with Crippen molar-refractivity contribution < 1.29 is 27.4 Å². The third-order valence-electron chi connectivity index (χ3n) is 5.40. The van der Waals surface area contributed by atoms with E-state index in [4.69, 9.17) is 4.42 Å². The lowest BCUT2D eigenvalue weighted by Crippen LogP contribution is -2.37. The summed E-state index contributed by atoms with van der Waals surface area (Å²) in [4.78, 5) is 10.6. The average molecular weight is 471 g/mol. The number of likely N-dealkylation sites (N-methyl/N-ethyl adjacent to an activating group) is 1. The molecule has 2 aromatic heterocycles. The Morgan fingerprint density at radius 1 is 1.38 bits per heavy atom. The number of fused-ring (bicyclic) bond motifs is 1. The predicted molar refractivity (Wildman–Crippen MR) is 116 cm³/mol. The van der Waals surface area contributed by atoms with Crippen LogP contribution in [0.25, 0.3) is 21.7 Å². The maximum atomic E-state index is 13.3. The van der Waals surface area contributed by atoms with Crippen LogP contribution in [-0.4, -0.2) is 47.1 Å². The van der Waals surface area contributed by atoms with Gasteiger partial charge in [0.1, 0.15) is 5.01 Å². The maximum Gasteiger partial charge on any atom is 0.573 e. The van der Waals surface area contributed by atoms with Crippen LogP contribution in [0.1, 0.15) is 39.2 Å². The molecule has 3 aromatic rings. The molecular formula is C21H25F3N4O3S. The molecule has 2 N–H and O–H groups in total. The molecule has 11 heteroatoms. The topological polar surface area (TPSA) is 83.7 Å². The van der Waals surface area contributed by atoms with Crippen LogP contribution in [0.15, 0.2) is 22.1 Å². The van der Waals surface area contributed by atoms with Crippen molar-refractivity contribution in [2.75, 3.05) is 24.5 Å². The van der Waals surface area contributed by atoms with Crippen LogP contribution in [0.2, 0.25) is 0 Å². The fourth-order valence-electron chi connectivity index (χ4n) is 3.89. The van der Waals surface area contributed by atoms with E-state index in [1.807, 2.05) is 11.8 Å². The van der Waals surface area contributed by atoms with Crippen LogP contribution in [0.4, 0.5) is 19.2 Å². The fourth-order valence-corrected chi connectivity index (χ4v) is 4.54. The van der Waals surface area contributed by atoms with Crippen LogP contribution in [-0.2, 0) is 5.60 Å². The summed E-state index contributed by atoms with van der Waals surface area (Å²) in [5.41, 5.74) is -1.18. The van der Waals surface area contributed by atoms with Crippen molar-refractivity contribution in [3.63, 3.8) is 0 Å². The number of ether oxygens (including phenoxy) is 1. The molecule has 0 radical (unpaired) electrons. The Morgan fingerprint density at radius 2 is 2.16 bits per heavy atom. The van der Waals surface area contributed by atoms with E-state index in [-0.39, 0.29) is 28.7 Å². The molecule has 1 unspecified atom stereocenters. The molecule has 0 bridgehead atoms.